The number of hydrogen-bond acceptors (Lipinski definition) is 2. The molecular weight excluding hydrogens is 304 g/mol. The third kappa shape index (κ3) is 11.3. The number of rotatable bonds is 14. The summed E-state index contributed by atoms with van der Waals surface area (Å²) in [6.07, 6.45) is 8.54. The molecule has 4 heteroatoms. The summed E-state index contributed by atoms with van der Waals surface area (Å²) >= 11 is 0. The molecule has 0 aromatic heterocycles. The van der Waals surface area contributed by atoms with Gasteiger partial charge in [-0.05, 0) is 37.5 Å². The average molecular weight is 341 g/mol. The van der Waals surface area contributed by atoms with Gasteiger partial charge in [0.25, 0.3) is 0 Å². The number of hydrogen-bond donors (Lipinski definition) is 2. The fourth-order valence-electron chi connectivity index (χ4n) is 2.84. The van der Waals surface area contributed by atoms with Crippen molar-refractivity contribution in [2.75, 3.05) is 0 Å². The molecule has 0 aliphatic heterocycles. The van der Waals surface area contributed by atoms with E-state index in [0.717, 1.165) is 51.4 Å². The van der Waals surface area contributed by atoms with Crippen LogP contribution in [0.25, 0.3) is 0 Å². The molecule has 0 heterocycles. The first-order valence-corrected chi connectivity index (χ1v) is 9.44. The Bertz CT molecular complexity index is 370. The van der Waals surface area contributed by atoms with Crippen LogP contribution in [0.15, 0.2) is 11.1 Å². The van der Waals surface area contributed by atoms with Crippen molar-refractivity contribution in [3.63, 3.8) is 0 Å². The monoisotopic (exact) mass is 340 g/mol. The molecule has 0 amide bonds. The topological polar surface area (TPSA) is 74.6 Å². The van der Waals surface area contributed by atoms with E-state index in [9.17, 15) is 19.8 Å². The molecule has 0 rings (SSSR count). The largest absolute Gasteiger partial charge is 0.478 e. The summed E-state index contributed by atoms with van der Waals surface area (Å²) in [6, 6.07) is 0. The highest BCUT2D eigenvalue weighted by molar-refractivity contribution is 5.98. The Morgan fingerprint density at radius 3 is 1.21 bits per heavy atom. The lowest BCUT2D eigenvalue weighted by molar-refractivity contribution is -0.136. The summed E-state index contributed by atoms with van der Waals surface area (Å²) in [5, 5.41) is 18.8. The van der Waals surface area contributed by atoms with Gasteiger partial charge in [-0.2, -0.15) is 0 Å². The lowest BCUT2D eigenvalue weighted by Crippen LogP contribution is -2.12. The lowest BCUT2D eigenvalue weighted by atomic mass is 9.95. The zero-order valence-corrected chi connectivity index (χ0v) is 15.9. The van der Waals surface area contributed by atoms with Crippen molar-refractivity contribution < 1.29 is 19.8 Å². The third-order valence-electron chi connectivity index (χ3n) is 4.30. The van der Waals surface area contributed by atoms with Crippen LogP contribution >= 0.6 is 0 Å². The van der Waals surface area contributed by atoms with Crippen molar-refractivity contribution in [3.8, 4) is 0 Å². The highest BCUT2D eigenvalue weighted by Gasteiger charge is 2.19. The quantitative estimate of drug-likeness (QED) is 0.316. The minimum absolute atomic E-state index is 0.107. The summed E-state index contributed by atoms with van der Waals surface area (Å²) in [7, 11) is 0. The molecule has 0 atom stereocenters. The lowest BCUT2D eigenvalue weighted by Gasteiger charge is -2.10. The third-order valence-corrected chi connectivity index (χ3v) is 4.30. The van der Waals surface area contributed by atoms with Crippen LogP contribution in [-0.4, -0.2) is 22.2 Å². The van der Waals surface area contributed by atoms with Crippen molar-refractivity contribution in [1.82, 2.24) is 0 Å². The fourth-order valence-corrected chi connectivity index (χ4v) is 2.84. The average Bonchev–Trinajstić information content (AvgIpc) is 2.46. The second-order valence-corrected chi connectivity index (χ2v) is 7.55. The Morgan fingerprint density at radius 2 is 0.958 bits per heavy atom. The van der Waals surface area contributed by atoms with Crippen LogP contribution in [0.1, 0.15) is 91.9 Å². The van der Waals surface area contributed by atoms with Gasteiger partial charge < -0.3 is 10.2 Å². The van der Waals surface area contributed by atoms with E-state index < -0.39 is 11.9 Å². The molecule has 2 N–H and O–H groups in total. The van der Waals surface area contributed by atoms with Gasteiger partial charge in [0.1, 0.15) is 0 Å². The van der Waals surface area contributed by atoms with Gasteiger partial charge >= 0.3 is 11.9 Å². The van der Waals surface area contributed by atoms with Crippen molar-refractivity contribution in [3.05, 3.63) is 11.1 Å². The summed E-state index contributed by atoms with van der Waals surface area (Å²) in [5.74, 6) is -0.836. The van der Waals surface area contributed by atoms with Gasteiger partial charge in [0.2, 0.25) is 0 Å². The molecule has 0 radical (unpaired) electrons. The molecule has 0 fully saturated rings. The van der Waals surface area contributed by atoms with Gasteiger partial charge in [-0.25, -0.2) is 9.59 Å². The van der Waals surface area contributed by atoms with Crippen molar-refractivity contribution >= 4 is 11.9 Å². The Balaban J connectivity index is 4.55. The maximum absolute atomic E-state index is 11.5. The molecule has 140 valence electrons. The molecule has 0 aliphatic rings. The summed E-state index contributed by atoms with van der Waals surface area (Å²) in [6.45, 7) is 8.68. The first-order valence-electron chi connectivity index (χ1n) is 9.44. The normalized spacial score (nSPS) is 12.6. The van der Waals surface area contributed by atoms with E-state index in [0.29, 0.717) is 24.7 Å². The van der Waals surface area contributed by atoms with Gasteiger partial charge in [-0.15, -0.1) is 0 Å². The predicted molar refractivity (Wildman–Crippen MR) is 98.1 cm³/mol. The first-order chi connectivity index (χ1) is 11.3. The van der Waals surface area contributed by atoms with Gasteiger partial charge in [0, 0.05) is 11.1 Å². The highest BCUT2D eigenvalue weighted by Crippen LogP contribution is 2.21. The molecule has 0 unspecified atom stereocenters. The van der Waals surface area contributed by atoms with E-state index in [1.807, 2.05) is 0 Å². The number of carboxylic acids is 2. The summed E-state index contributed by atoms with van der Waals surface area (Å²) in [4.78, 5) is 22.9. The Labute approximate surface area is 147 Å². The Kier molecular flexibility index (Phi) is 12.3. The maximum Gasteiger partial charge on any atom is 0.332 e. The van der Waals surface area contributed by atoms with E-state index in [1.165, 1.54) is 0 Å². The van der Waals surface area contributed by atoms with Gasteiger partial charge in [-0.1, -0.05) is 66.2 Å². The maximum atomic E-state index is 11.5. The summed E-state index contributed by atoms with van der Waals surface area (Å²) in [5.41, 5.74) is 0.215. The molecule has 4 nitrogen and oxygen atoms in total. The zero-order chi connectivity index (χ0) is 18.5. The van der Waals surface area contributed by atoms with Crippen LogP contribution in [0.5, 0.6) is 0 Å². The predicted octanol–water partition coefficient (Wildman–Crippen LogP) is 5.67. The number of carboxylic acid groups (broad SMARTS) is 2. The van der Waals surface area contributed by atoms with Crippen LogP contribution in [0.3, 0.4) is 0 Å². The zero-order valence-electron chi connectivity index (χ0n) is 15.9. The van der Waals surface area contributed by atoms with Crippen LogP contribution in [0, 0.1) is 11.8 Å². The van der Waals surface area contributed by atoms with Crippen LogP contribution < -0.4 is 0 Å². The van der Waals surface area contributed by atoms with E-state index in [4.69, 9.17) is 0 Å². The Morgan fingerprint density at radius 1 is 0.625 bits per heavy atom. The molecule has 0 spiro atoms. The number of aliphatic carboxylic acids is 2. The molecule has 0 aromatic rings. The fraction of sp³-hybridized carbons (Fsp3) is 0.800. The van der Waals surface area contributed by atoms with Gasteiger partial charge in [0.05, 0.1) is 0 Å². The standard InChI is InChI=1S/C20H36O4/c1-15(2)11-7-5-9-13-17(19(21)22)18(20(23)24)14-10-6-8-12-16(3)4/h15-16H,5-14H2,1-4H3,(H,21,22)(H,23,24)/b18-17-. The highest BCUT2D eigenvalue weighted by atomic mass is 16.4. The second-order valence-electron chi connectivity index (χ2n) is 7.55. The SMILES string of the molecule is CC(C)CCCCC/C(C(=O)O)=C(\CCCCCC(C)C)C(=O)O. The van der Waals surface area contributed by atoms with Crippen LogP contribution in [-0.2, 0) is 9.59 Å². The molecule has 0 bridgehead atoms. The number of unbranched alkanes of at least 4 members (excludes halogenated alkanes) is 4. The molecule has 0 saturated heterocycles. The molecule has 24 heavy (non-hydrogen) atoms. The second kappa shape index (κ2) is 13.0. The van der Waals surface area contributed by atoms with Gasteiger partial charge in [-0.3, -0.25) is 0 Å². The Hall–Kier alpha value is -1.32. The molecular formula is C20H36O4. The van der Waals surface area contributed by atoms with E-state index in [2.05, 4.69) is 27.7 Å². The first kappa shape index (κ1) is 22.7. The van der Waals surface area contributed by atoms with Crippen molar-refractivity contribution in [1.29, 1.82) is 0 Å². The molecule has 0 aliphatic carbocycles. The van der Waals surface area contributed by atoms with Crippen LogP contribution in [0.4, 0.5) is 0 Å². The van der Waals surface area contributed by atoms with E-state index >= 15 is 0 Å². The smallest absolute Gasteiger partial charge is 0.332 e. The van der Waals surface area contributed by atoms with Gasteiger partial charge in [0.15, 0.2) is 0 Å². The van der Waals surface area contributed by atoms with Crippen molar-refractivity contribution in [2.24, 2.45) is 11.8 Å². The van der Waals surface area contributed by atoms with Crippen LogP contribution in [0.2, 0.25) is 0 Å². The minimum atomic E-state index is -1.07. The molecule has 0 saturated carbocycles. The van der Waals surface area contributed by atoms with Crippen molar-refractivity contribution in [2.45, 2.75) is 91.9 Å². The van der Waals surface area contributed by atoms with E-state index in [1.54, 1.807) is 0 Å². The summed E-state index contributed by atoms with van der Waals surface area (Å²) < 4.78 is 0. The number of carbonyl (C=O) groups is 2. The minimum Gasteiger partial charge on any atom is -0.478 e. The van der Waals surface area contributed by atoms with E-state index in [-0.39, 0.29) is 11.1 Å². The molecule has 0 aromatic carbocycles.